The van der Waals surface area contributed by atoms with Gasteiger partial charge in [0.2, 0.25) is 0 Å². The largest absolute Gasteiger partial charge is 0.416 e. The van der Waals surface area contributed by atoms with E-state index in [0.717, 1.165) is 24.3 Å². The number of rotatable bonds is 3. The Hall–Kier alpha value is -1.73. The van der Waals surface area contributed by atoms with Crippen LogP contribution in [0.5, 0.6) is 5.75 Å². The Morgan fingerprint density at radius 2 is 1.67 bits per heavy atom. The van der Waals surface area contributed by atoms with Gasteiger partial charge in [-0.2, -0.15) is 21.6 Å². The van der Waals surface area contributed by atoms with Crippen LogP contribution < -0.4 is 4.18 Å². The minimum absolute atomic E-state index is 0.170. The molecule has 3 nitrogen and oxygen atoms in total. The van der Waals surface area contributed by atoms with Crippen molar-refractivity contribution < 1.29 is 25.8 Å². The molecule has 2 rings (SSSR count). The third-order valence-corrected chi connectivity index (χ3v) is 3.93. The molecule has 2 aromatic carbocycles. The highest BCUT2D eigenvalue weighted by Crippen LogP contribution is 2.32. The minimum atomic E-state index is -4.58. The van der Waals surface area contributed by atoms with Gasteiger partial charge in [0.25, 0.3) is 0 Å². The van der Waals surface area contributed by atoms with Crippen LogP contribution in [0, 0.1) is 0 Å². The summed E-state index contributed by atoms with van der Waals surface area (Å²) in [5.74, 6) is -0.426. The summed E-state index contributed by atoms with van der Waals surface area (Å²) in [5.41, 5.74) is -0.999. The molecule has 0 unspecified atom stereocenters. The fourth-order valence-electron chi connectivity index (χ4n) is 1.52. The van der Waals surface area contributed by atoms with Gasteiger partial charge >= 0.3 is 16.3 Å². The molecule has 0 aliphatic carbocycles. The minimum Gasteiger partial charge on any atom is -0.379 e. The van der Waals surface area contributed by atoms with Crippen LogP contribution in [0.25, 0.3) is 0 Å². The van der Waals surface area contributed by atoms with Crippen LogP contribution in [0.1, 0.15) is 5.56 Å². The zero-order chi connectivity index (χ0) is 15.7. The fourth-order valence-corrected chi connectivity index (χ4v) is 2.75. The van der Waals surface area contributed by atoms with E-state index in [1.165, 1.54) is 18.2 Å². The zero-order valence-electron chi connectivity index (χ0n) is 10.3. The Balaban J connectivity index is 2.33. The van der Waals surface area contributed by atoms with E-state index in [1.54, 1.807) is 0 Å². The molecule has 0 bridgehead atoms. The lowest BCUT2D eigenvalue weighted by Crippen LogP contribution is -2.11. The third-order valence-electron chi connectivity index (χ3n) is 2.45. The van der Waals surface area contributed by atoms with Crippen LogP contribution in [0.4, 0.5) is 13.2 Å². The molecular weight excluding hydrogens is 329 g/mol. The fraction of sp³-hybridized carbons (Fsp3) is 0.0769. The Labute approximate surface area is 124 Å². The van der Waals surface area contributed by atoms with Crippen LogP contribution in [0.2, 0.25) is 5.02 Å². The molecule has 2 aromatic rings. The normalized spacial score (nSPS) is 12.2. The van der Waals surface area contributed by atoms with Gasteiger partial charge in [0.05, 0.1) is 5.56 Å². The van der Waals surface area contributed by atoms with Crippen molar-refractivity contribution in [3.8, 4) is 5.75 Å². The topological polar surface area (TPSA) is 43.4 Å². The average molecular weight is 337 g/mol. The molecule has 0 saturated heterocycles. The van der Waals surface area contributed by atoms with E-state index >= 15 is 0 Å². The van der Waals surface area contributed by atoms with Crippen LogP contribution in [0.15, 0.2) is 53.4 Å². The summed E-state index contributed by atoms with van der Waals surface area (Å²) in [6.07, 6.45) is -4.58. The first-order valence-electron chi connectivity index (χ1n) is 5.56. The standard InChI is InChI=1S/C13H8ClF3O3S/c14-10-4-2-6-12(8-10)21(18,19)20-11-5-1-3-9(7-11)13(15,16)17/h1-8H. The van der Waals surface area contributed by atoms with Crippen LogP contribution in [0.3, 0.4) is 0 Å². The maximum atomic E-state index is 12.6. The van der Waals surface area contributed by atoms with Gasteiger partial charge in [-0.25, -0.2) is 0 Å². The molecule has 0 N–H and O–H groups in total. The van der Waals surface area contributed by atoms with E-state index in [2.05, 4.69) is 0 Å². The Bertz CT molecular complexity index is 757. The lowest BCUT2D eigenvalue weighted by molar-refractivity contribution is -0.137. The highest BCUT2D eigenvalue weighted by atomic mass is 35.5. The number of hydrogen-bond acceptors (Lipinski definition) is 3. The molecule has 0 amide bonds. The Morgan fingerprint density at radius 3 is 2.29 bits per heavy atom. The van der Waals surface area contributed by atoms with E-state index in [4.69, 9.17) is 15.8 Å². The number of halogens is 4. The quantitative estimate of drug-likeness (QED) is 0.792. The van der Waals surface area contributed by atoms with Crippen molar-refractivity contribution in [3.63, 3.8) is 0 Å². The molecule has 112 valence electrons. The highest BCUT2D eigenvalue weighted by molar-refractivity contribution is 7.87. The predicted octanol–water partition coefficient (Wildman–Crippen LogP) is 4.13. The van der Waals surface area contributed by atoms with Crippen molar-refractivity contribution in [2.75, 3.05) is 0 Å². The second-order valence-electron chi connectivity index (χ2n) is 4.02. The van der Waals surface area contributed by atoms with Gasteiger partial charge in [0.15, 0.2) is 0 Å². The monoisotopic (exact) mass is 336 g/mol. The Morgan fingerprint density at radius 1 is 1.00 bits per heavy atom. The number of hydrogen-bond donors (Lipinski definition) is 0. The maximum absolute atomic E-state index is 12.6. The zero-order valence-corrected chi connectivity index (χ0v) is 11.8. The summed E-state index contributed by atoms with van der Waals surface area (Å²) in [7, 11) is -4.25. The smallest absolute Gasteiger partial charge is 0.379 e. The second kappa shape index (κ2) is 5.57. The van der Waals surface area contributed by atoms with Gasteiger partial charge in [-0.3, -0.25) is 0 Å². The summed E-state index contributed by atoms with van der Waals surface area (Å²) in [6.45, 7) is 0. The lowest BCUT2D eigenvalue weighted by Gasteiger charge is -2.10. The summed E-state index contributed by atoms with van der Waals surface area (Å²) in [5, 5.41) is 0.170. The molecule has 0 aliphatic heterocycles. The van der Waals surface area contributed by atoms with Gasteiger partial charge in [-0.15, -0.1) is 0 Å². The molecule has 0 saturated carbocycles. The summed E-state index contributed by atoms with van der Waals surface area (Å²) in [6, 6.07) is 8.85. The molecule has 0 heterocycles. The van der Waals surface area contributed by atoms with Crippen LogP contribution >= 0.6 is 11.6 Å². The molecule has 0 radical (unpaired) electrons. The van der Waals surface area contributed by atoms with Gasteiger partial charge in [-0.05, 0) is 36.4 Å². The molecular formula is C13H8ClF3O3S. The van der Waals surface area contributed by atoms with Crippen molar-refractivity contribution >= 4 is 21.7 Å². The Kier molecular flexibility index (Phi) is 4.15. The average Bonchev–Trinajstić information content (AvgIpc) is 2.37. The molecule has 21 heavy (non-hydrogen) atoms. The SMILES string of the molecule is O=S(=O)(Oc1cccc(C(F)(F)F)c1)c1cccc(Cl)c1. The molecule has 0 atom stereocenters. The number of alkyl halides is 3. The highest BCUT2D eigenvalue weighted by Gasteiger charge is 2.31. The van der Waals surface area contributed by atoms with Crippen LogP contribution in [-0.2, 0) is 16.3 Å². The second-order valence-corrected chi connectivity index (χ2v) is 6.00. The van der Waals surface area contributed by atoms with Crippen molar-refractivity contribution in [2.45, 2.75) is 11.1 Å². The van der Waals surface area contributed by atoms with Crippen molar-refractivity contribution in [2.24, 2.45) is 0 Å². The molecule has 0 aromatic heterocycles. The first-order valence-corrected chi connectivity index (χ1v) is 7.34. The van der Waals surface area contributed by atoms with Gasteiger partial charge in [-0.1, -0.05) is 23.7 Å². The molecule has 8 heteroatoms. The van der Waals surface area contributed by atoms with E-state index in [-0.39, 0.29) is 9.92 Å². The van der Waals surface area contributed by atoms with Crippen molar-refractivity contribution in [1.82, 2.24) is 0 Å². The summed E-state index contributed by atoms with van der Waals surface area (Å²) in [4.78, 5) is -0.243. The van der Waals surface area contributed by atoms with Crippen LogP contribution in [-0.4, -0.2) is 8.42 Å². The van der Waals surface area contributed by atoms with Crippen molar-refractivity contribution in [3.05, 3.63) is 59.1 Å². The molecule has 0 spiro atoms. The van der Waals surface area contributed by atoms with E-state index in [1.807, 2.05) is 0 Å². The maximum Gasteiger partial charge on any atom is 0.416 e. The van der Waals surface area contributed by atoms with Gasteiger partial charge in [0, 0.05) is 5.02 Å². The number of benzene rings is 2. The third kappa shape index (κ3) is 3.89. The van der Waals surface area contributed by atoms with E-state index in [9.17, 15) is 21.6 Å². The summed E-state index contributed by atoms with van der Waals surface area (Å²) < 4.78 is 66.3. The van der Waals surface area contributed by atoms with Gasteiger partial charge < -0.3 is 4.18 Å². The predicted molar refractivity (Wildman–Crippen MR) is 70.7 cm³/mol. The summed E-state index contributed by atoms with van der Waals surface area (Å²) >= 11 is 5.67. The first-order chi connectivity index (χ1) is 9.68. The van der Waals surface area contributed by atoms with E-state index in [0.29, 0.717) is 6.07 Å². The van der Waals surface area contributed by atoms with E-state index < -0.39 is 27.6 Å². The molecule has 0 aliphatic rings. The lowest BCUT2D eigenvalue weighted by atomic mass is 10.2. The first kappa shape index (κ1) is 15.7. The van der Waals surface area contributed by atoms with Gasteiger partial charge in [0.1, 0.15) is 10.6 Å². The van der Waals surface area contributed by atoms with Crippen molar-refractivity contribution in [1.29, 1.82) is 0 Å². The molecule has 0 fully saturated rings.